The van der Waals surface area contributed by atoms with Gasteiger partial charge in [-0.1, -0.05) is 6.07 Å². The molecular weight excluding hydrogens is 352 g/mol. The first-order valence-corrected chi connectivity index (χ1v) is 8.27. The average molecular weight is 372 g/mol. The summed E-state index contributed by atoms with van der Waals surface area (Å²) < 4.78 is 15.3. The fourth-order valence-corrected chi connectivity index (χ4v) is 3.03. The number of benzene rings is 2. The van der Waals surface area contributed by atoms with Crippen LogP contribution in [0.15, 0.2) is 35.9 Å². The van der Waals surface area contributed by atoms with Crippen molar-refractivity contribution in [1.82, 2.24) is 0 Å². The van der Waals surface area contributed by atoms with E-state index in [9.17, 15) is 20.1 Å². The van der Waals surface area contributed by atoms with E-state index in [4.69, 9.17) is 14.2 Å². The Morgan fingerprint density at radius 3 is 2.52 bits per heavy atom. The monoisotopic (exact) mass is 372 g/mol. The van der Waals surface area contributed by atoms with E-state index in [0.29, 0.717) is 23.3 Å². The molecule has 0 aliphatic carbocycles. The predicted molar refractivity (Wildman–Crippen MR) is 97.1 cm³/mol. The number of hydrogen-bond acceptors (Lipinski definition) is 7. The molecular formula is C20H20O7. The van der Waals surface area contributed by atoms with Crippen LogP contribution in [-0.2, 0) is 16.0 Å². The van der Waals surface area contributed by atoms with Gasteiger partial charge in [-0.2, -0.15) is 0 Å². The second kappa shape index (κ2) is 7.49. The van der Waals surface area contributed by atoms with Gasteiger partial charge in [0.25, 0.3) is 0 Å². The van der Waals surface area contributed by atoms with Gasteiger partial charge in [0.05, 0.1) is 20.8 Å². The standard InChI is InChI=1S/C20H20O7/c1-25-17-8-11(3-4-15(17)21)5-13-10-27-20(24)14(13)6-12-7-16(22)19(23)18(9-12)26-2/h3-4,6-9,13,21-23H,5,10H2,1-2H3/b14-6-. The highest BCUT2D eigenvalue weighted by Gasteiger charge is 2.31. The Morgan fingerprint density at radius 2 is 1.81 bits per heavy atom. The Balaban J connectivity index is 1.91. The zero-order chi connectivity index (χ0) is 19.6. The van der Waals surface area contributed by atoms with E-state index < -0.39 is 5.97 Å². The van der Waals surface area contributed by atoms with Gasteiger partial charge in [-0.05, 0) is 47.9 Å². The van der Waals surface area contributed by atoms with Crippen molar-refractivity contribution in [2.45, 2.75) is 6.42 Å². The SMILES string of the molecule is COc1cc(CC2COC(=O)/C2=C\c2cc(O)c(O)c(OC)c2)ccc1O. The second-order valence-electron chi connectivity index (χ2n) is 6.20. The van der Waals surface area contributed by atoms with E-state index in [1.54, 1.807) is 18.2 Å². The number of esters is 1. The zero-order valence-corrected chi connectivity index (χ0v) is 14.9. The lowest BCUT2D eigenvalue weighted by molar-refractivity contribution is -0.135. The van der Waals surface area contributed by atoms with Gasteiger partial charge in [0.1, 0.15) is 0 Å². The lowest BCUT2D eigenvalue weighted by Gasteiger charge is -2.11. The van der Waals surface area contributed by atoms with Gasteiger partial charge in [0.2, 0.25) is 5.75 Å². The maximum Gasteiger partial charge on any atom is 0.334 e. The van der Waals surface area contributed by atoms with Crippen LogP contribution in [0.1, 0.15) is 11.1 Å². The molecule has 1 atom stereocenters. The number of carbonyl (C=O) groups is 1. The van der Waals surface area contributed by atoms with Crippen LogP contribution in [-0.4, -0.2) is 42.1 Å². The molecule has 142 valence electrons. The smallest absolute Gasteiger partial charge is 0.334 e. The molecule has 7 heteroatoms. The van der Waals surface area contributed by atoms with Crippen molar-refractivity contribution in [1.29, 1.82) is 0 Å². The third-order valence-electron chi connectivity index (χ3n) is 4.44. The van der Waals surface area contributed by atoms with Crippen molar-refractivity contribution in [3.8, 4) is 28.7 Å². The molecule has 0 spiro atoms. The fourth-order valence-electron chi connectivity index (χ4n) is 3.03. The molecule has 0 aromatic heterocycles. The Hall–Kier alpha value is -3.35. The van der Waals surface area contributed by atoms with Crippen LogP contribution in [0.3, 0.4) is 0 Å². The minimum Gasteiger partial charge on any atom is -0.504 e. The molecule has 1 aliphatic rings. The number of phenols is 3. The summed E-state index contributed by atoms with van der Waals surface area (Å²) in [6, 6.07) is 7.88. The second-order valence-corrected chi connectivity index (χ2v) is 6.20. The van der Waals surface area contributed by atoms with E-state index in [1.807, 2.05) is 0 Å². The summed E-state index contributed by atoms with van der Waals surface area (Å²) >= 11 is 0. The zero-order valence-electron chi connectivity index (χ0n) is 14.9. The first kappa shape index (κ1) is 18.4. The molecule has 1 heterocycles. The number of phenolic OH excluding ortho intramolecular Hbond substituents is 3. The largest absolute Gasteiger partial charge is 0.504 e. The van der Waals surface area contributed by atoms with Gasteiger partial charge < -0.3 is 29.5 Å². The van der Waals surface area contributed by atoms with Gasteiger partial charge in [0, 0.05) is 11.5 Å². The number of aromatic hydroxyl groups is 3. The van der Waals surface area contributed by atoms with Crippen LogP contribution >= 0.6 is 0 Å². The van der Waals surface area contributed by atoms with E-state index in [0.717, 1.165) is 5.56 Å². The van der Waals surface area contributed by atoms with Crippen molar-refractivity contribution < 1.29 is 34.3 Å². The Bertz CT molecular complexity index is 901. The highest BCUT2D eigenvalue weighted by Crippen LogP contribution is 2.38. The molecule has 0 bridgehead atoms. The third-order valence-corrected chi connectivity index (χ3v) is 4.44. The third kappa shape index (κ3) is 3.76. The number of ether oxygens (including phenoxy) is 3. The van der Waals surface area contributed by atoms with Gasteiger partial charge in [-0.3, -0.25) is 0 Å². The number of methoxy groups -OCH3 is 2. The maximum atomic E-state index is 12.2. The minimum atomic E-state index is -0.433. The molecule has 7 nitrogen and oxygen atoms in total. The molecule has 27 heavy (non-hydrogen) atoms. The van der Waals surface area contributed by atoms with E-state index in [2.05, 4.69) is 0 Å². The number of hydrogen-bond donors (Lipinski definition) is 3. The molecule has 3 rings (SSSR count). The molecule has 0 amide bonds. The molecule has 2 aromatic rings. The summed E-state index contributed by atoms with van der Waals surface area (Å²) in [5.41, 5.74) is 1.84. The molecule has 0 saturated carbocycles. The molecule has 2 aromatic carbocycles. The van der Waals surface area contributed by atoms with Crippen molar-refractivity contribution in [2.75, 3.05) is 20.8 Å². The van der Waals surface area contributed by atoms with Crippen LogP contribution in [0.4, 0.5) is 0 Å². The fraction of sp³-hybridized carbons (Fsp3) is 0.250. The minimum absolute atomic E-state index is 0.0439. The Labute approximate surface area is 156 Å². The van der Waals surface area contributed by atoms with Crippen LogP contribution in [0.2, 0.25) is 0 Å². The van der Waals surface area contributed by atoms with Gasteiger partial charge in [-0.25, -0.2) is 4.79 Å². The molecule has 1 fully saturated rings. The summed E-state index contributed by atoms with van der Waals surface area (Å²) in [5.74, 6) is -0.827. The van der Waals surface area contributed by atoms with Crippen LogP contribution in [0.25, 0.3) is 6.08 Å². The average Bonchev–Trinajstić information content (AvgIpc) is 2.99. The van der Waals surface area contributed by atoms with E-state index in [-0.39, 0.29) is 35.5 Å². The van der Waals surface area contributed by atoms with Gasteiger partial charge >= 0.3 is 5.97 Å². The number of rotatable bonds is 5. The molecule has 1 aliphatic heterocycles. The summed E-state index contributed by atoms with van der Waals surface area (Å²) in [6.45, 7) is 0.231. The molecule has 1 unspecified atom stereocenters. The summed E-state index contributed by atoms with van der Waals surface area (Å²) in [6.07, 6.45) is 2.12. The summed E-state index contributed by atoms with van der Waals surface area (Å²) in [7, 11) is 2.84. The topological polar surface area (TPSA) is 105 Å². The summed E-state index contributed by atoms with van der Waals surface area (Å²) in [5, 5.41) is 29.3. The Morgan fingerprint density at radius 1 is 1.07 bits per heavy atom. The maximum absolute atomic E-state index is 12.2. The summed E-state index contributed by atoms with van der Waals surface area (Å²) in [4.78, 5) is 12.2. The first-order chi connectivity index (χ1) is 12.9. The lowest BCUT2D eigenvalue weighted by atomic mass is 9.92. The van der Waals surface area contributed by atoms with Crippen molar-refractivity contribution in [2.24, 2.45) is 5.92 Å². The van der Waals surface area contributed by atoms with Crippen molar-refractivity contribution in [3.05, 3.63) is 47.0 Å². The number of carbonyl (C=O) groups excluding carboxylic acids is 1. The molecule has 3 N–H and O–H groups in total. The lowest BCUT2D eigenvalue weighted by Crippen LogP contribution is -2.07. The van der Waals surface area contributed by atoms with E-state index in [1.165, 1.54) is 32.4 Å². The molecule has 1 saturated heterocycles. The quantitative estimate of drug-likeness (QED) is 0.421. The highest BCUT2D eigenvalue weighted by molar-refractivity contribution is 5.96. The van der Waals surface area contributed by atoms with Crippen LogP contribution in [0, 0.1) is 5.92 Å². The van der Waals surface area contributed by atoms with Gasteiger partial charge in [0.15, 0.2) is 23.0 Å². The normalized spacial score (nSPS) is 17.8. The van der Waals surface area contributed by atoms with Crippen molar-refractivity contribution in [3.63, 3.8) is 0 Å². The number of cyclic esters (lactones) is 1. The predicted octanol–water partition coefficient (Wildman–Crippen LogP) is 2.62. The van der Waals surface area contributed by atoms with Gasteiger partial charge in [-0.15, -0.1) is 0 Å². The molecule has 0 radical (unpaired) electrons. The first-order valence-electron chi connectivity index (χ1n) is 8.27. The Kier molecular flexibility index (Phi) is 5.12. The van der Waals surface area contributed by atoms with Crippen LogP contribution in [0.5, 0.6) is 28.7 Å². The van der Waals surface area contributed by atoms with Crippen LogP contribution < -0.4 is 9.47 Å². The van der Waals surface area contributed by atoms with Crippen molar-refractivity contribution >= 4 is 12.0 Å². The highest BCUT2D eigenvalue weighted by atomic mass is 16.5. The van der Waals surface area contributed by atoms with E-state index >= 15 is 0 Å².